The molecule has 1 fully saturated rings. The molecule has 1 saturated heterocycles. The number of hydrogen-bond acceptors (Lipinski definition) is 3. The number of nitrogens with zero attached hydrogens (tertiary/aromatic N) is 2. The average molecular weight is 247 g/mol. The molecule has 1 unspecified atom stereocenters. The quantitative estimate of drug-likeness (QED) is 0.876. The third kappa shape index (κ3) is 2.85. The van der Waals surface area contributed by atoms with Crippen molar-refractivity contribution in [2.45, 2.75) is 19.9 Å². The number of aryl methyl sites for hydroxylation is 2. The standard InChI is InChI=1S/C15H25N3/c1-12-6-5-7-13(2)15(12)18-9-8-16-10-14(18)11-17(3)4/h5-7,14,16H,8-11H2,1-4H3. The molecule has 0 aliphatic carbocycles. The minimum absolute atomic E-state index is 0.563. The van der Waals surface area contributed by atoms with Gasteiger partial charge in [0.1, 0.15) is 0 Å². The lowest BCUT2D eigenvalue weighted by molar-refractivity contribution is 0.336. The molecule has 0 saturated carbocycles. The number of hydrogen-bond donors (Lipinski definition) is 1. The first-order valence-corrected chi connectivity index (χ1v) is 6.78. The molecule has 1 aromatic rings. The minimum atomic E-state index is 0.563. The molecule has 1 aromatic carbocycles. The first-order valence-electron chi connectivity index (χ1n) is 6.78. The van der Waals surface area contributed by atoms with E-state index in [1.807, 2.05) is 0 Å². The highest BCUT2D eigenvalue weighted by atomic mass is 15.3. The van der Waals surface area contributed by atoms with Crippen molar-refractivity contribution < 1.29 is 0 Å². The van der Waals surface area contributed by atoms with Crippen molar-refractivity contribution in [3.05, 3.63) is 29.3 Å². The van der Waals surface area contributed by atoms with Crippen LogP contribution >= 0.6 is 0 Å². The fraction of sp³-hybridized carbons (Fsp3) is 0.600. The summed E-state index contributed by atoms with van der Waals surface area (Å²) < 4.78 is 0. The second kappa shape index (κ2) is 5.72. The molecule has 1 aliphatic rings. The Morgan fingerprint density at radius 1 is 1.28 bits per heavy atom. The molecule has 1 atom stereocenters. The molecule has 1 N–H and O–H groups in total. The van der Waals surface area contributed by atoms with E-state index in [9.17, 15) is 0 Å². The summed E-state index contributed by atoms with van der Waals surface area (Å²) >= 11 is 0. The Morgan fingerprint density at radius 2 is 1.94 bits per heavy atom. The van der Waals surface area contributed by atoms with Crippen LogP contribution in [0.1, 0.15) is 11.1 Å². The fourth-order valence-electron chi connectivity index (χ4n) is 2.90. The zero-order valence-electron chi connectivity index (χ0n) is 12.0. The van der Waals surface area contributed by atoms with Crippen LogP contribution in [0.3, 0.4) is 0 Å². The maximum Gasteiger partial charge on any atom is 0.0542 e. The van der Waals surface area contributed by atoms with Crippen LogP contribution in [0.15, 0.2) is 18.2 Å². The largest absolute Gasteiger partial charge is 0.364 e. The molecular formula is C15H25N3. The van der Waals surface area contributed by atoms with Gasteiger partial charge in [0.15, 0.2) is 0 Å². The van der Waals surface area contributed by atoms with Crippen molar-refractivity contribution in [3.8, 4) is 0 Å². The maximum absolute atomic E-state index is 3.51. The highest BCUT2D eigenvalue weighted by Gasteiger charge is 2.24. The Labute approximate surface area is 111 Å². The third-order valence-electron chi connectivity index (χ3n) is 3.65. The number of rotatable bonds is 3. The van der Waals surface area contributed by atoms with Gasteiger partial charge in [-0.05, 0) is 39.1 Å². The van der Waals surface area contributed by atoms with E-state index in [1.54, 1.807) is 0 Å². The van der Waals surface area contributed by atoms with Crippen molar-refractivity contribution in [2.75, 3.05) is 45.2 Å². The third-order valence-corrected chi connectivity index (χ3v) is 3.65. The average Bonchev–Trinajstić information content (AvgIpc) is 2.30. The number of likely N-dealkylation sites (N-methyl/N-ethyl adjacent to an activating group) is 1. The van der Waals surface area contributed by atoms with Crippen molar-refractivity contribution >= 4 is 5.69 Å². The summed E-state index contributed by atoms with van der Waals surface area (Å²) in [6.07, 6.45) is 0. The number of nitrogens with one attached hydrogen (secondary N) is 1. The van der Waals surface area contributed by atoms with E-state index in [2.05, 4.69) is 61.3 Å². The molecular weight excluding hydrogens is 222 g/mol. The number of piperazine rings is 1. The van der Waals surface area contributed by atoms with E-state index >= 15 is 0 Å². The van der Waals surface area contributed by atoms with Crippen LogP contribution in [0.4, 0.5) is 5.69 Å². The number of para-hydroxylation sites is 1. The van der Waals surface area contributed by atoms with Crippen molar-refractivity contribution in [2.24, 2.45) is 0 Å². The van der Waals surface area contributed by atoms with Gasteiger partial charge in [-0.15, -0.1) is 0 Å². The highest BCUT2D eigenvalue weighted by Crippen LogP contribution is 2.27. The van der Waals surface area contributed by atoms with E-state index < -0.39 is 0 Å². The Bertz CT molecular complexity index is 380. The van der Waals surface area contributed by atoms with E-state index in [4.69, 9.17) is 0 Å². The normalized spacial score (nSPS) is 20.5. The predicted molar refractivity (Wildman–Crippen MR) is 78.5 cm³/mol. The second-order valence-corrected chi connectivity index (χ2v) is 5.55. The molecule has 1 aliphatic heterocycles. The highest BCUT2D eigenvalue weighted by molar-refractivity contribution is 5.60. The summed E-state index contributed by atoms with van der Waals surface area (Å²) in [5.41, 5.74) is 4.21. The van der Waals surface area contributed by atoms with Gasteiger partial charge in [0.05, 0.1) is 6.04 Å². The topological polar surface area (TPSA) is 18.5 Å². The van der Waals surface area contributed by atoms with Gasteiger partial charge in [-0.2, -0.15) is 0 Å². The Balaban J connectivity index is 2.28. The molecule has 100 valence electrons. The summed E-state index contributed by atoms with van der Waals surface area (Å²) in [5, 5.41) is 3.51. The molecule has 0 radical (unpaired) electrons. The lowest BCUT2D eigenvalue weighted by Crippen LogP contribution is -2.55. The van der Waals surface area contributed by atoms with Crippen LogP contribution in [0.2, 0.25) is 0 Å². The smallest absolute Gasteiger partial charge is 0.0542 e. The van der Waals surface area contributed by atoms with Crippen molar-refractivity contribution in [1.29, 1.82) is 0 Å². The van der Waals surface area contributed by atoms with Crippen LogP contribution in [0.25, 0.3) is 0 Å². The van der Waals surface area contributed by atoms with Gasteiger partial charge >= 0.3 is 0 Å². The van der Waals surface area contributed by atoms with E-state index in [-0.39, 0.29) is 0 Å². The zero-order chi connectivity index (χ0) is 13.1. The van der Waals surface area contributed by atoms with E-state index in [0.717, 1.165) is 26.2 Å². The lowest BCUT2D eigenvalue weighted by Gasteiger charge is -2.40. The summed E-state index contributed by atoms with van der Waals surface area (Å²) in [5.74, 6) is 0. The Hall–Kier alpha value is -1.06. The Morgan fingerprint density at radius 3 is 2.56 bits per heavy atom. The molecule has 3 nitrogen and oxygen atoms in total. The number of benzene rings is 1. The van der Waals surface area contributed by atoms with Gasteiger partial charge in [0, 0.05) is 31.9 Å². The zero-order valence-corrected chi connectivity index (χ0v) is 12.0. The second-order valence-electron chi connectivity index (χ2n) is 5.55. The van der Waals surface area contributed by atoms with Gasteiger partial charge in [-0.3, -0.25) is 0 Å². The Kier molecular flexibility index (Phi) is 4.25. The monoisotopic (exact) mass is 247 g/mol. The van der Waals surface area contributed by atoms with Gasteiger partial charge in [0.25, 0.3) is 0 Å². The summed E-state index contributed by atoms with van der Waals surface area (Å²) in [4.78, 5) is 4.86. The summed E-state index contributed by atoms with van der Waals surface area (Å²) in [6, 6.07) is 7.15. The molecule has 18 heavy (non-hydrogen) atoms. The van der Waals surface area contributed by atoms with Crippen LogP contribution < -0.4 is 10.2 Å². The van der Waals surface area contributed by atoms with E-state index in [1.165, 1.54) is 16.8 Å². The first-order chi connectivity index (χ1) is 8.59. The molecule has 0 aromatic heterocycles. The predicted octanol–water partition coefficient (Wildman–Crippen LogP) is 1.64. The van der Waals surface area contributed by atoms with Gasteiger partial charge < -0.3 is 15.1 Å². The molecule has 2 rings (SSSR count). The maximum atomic E-state index is 3.51. The van der Waals surface area contributed by atoms with Gasteiger partial charge in [0.2, 0.25) is 0 Å². The summed E-state index contributed by atoms with van der Waals surface area (Å²) in [6.45, 7) is 8.79. The van der Waals surface area contributed by atoms with Crippen LogP contribution in [0, 0.1) is 13.8 Å². The lowest BCUT2D eigenvalue weighted by atomic mass is 10.0. The molecule has 3 heteroatoms. The van der Waals surface area contributed by atoms with Crippen LogP contribution in [-0.2, 0) is 0 Å². The first kappa shape index (κ1) is 13.4. The summed E-state index contributed by atoms with van der Waals surface area (Å²) in [7, 11) is 4.30. The fourth-order valence-corrected chi connectivity index (χ4v) is 2.90. The molecule has 0 bridgehead atoms. The van der Waals surface area contributed by atoms with Crippen LogP contribution in [0.5, 0.6) is 0 Å². The molecule has 0 spiro atoms. The number of anilines is 1. The molecule has 1 heterocycles. The SMILES string of the molecule is Cc1cccc(C)c1N1CCNCC1CN(C)C. The van der Waals surface area contributed by atoms with Crippen LogP contribution in [-0.4, -0.2) is 51.2 Å². The minimum Gasteiger partial charge on any atom is -0.364 e. The van der Waals surface area contributed by atoms with Gasteiger partial charge in [-0.1, -0.05) is 18.2 Å². The van der Waals surface area contributed by atoms with Gasteiger partial charge in [-0.25, -0.2) is 0 Å². The van der Waals surface area contributed by atoms with Crippen molar-refractivity contribution in [1.82, 2.24) is 10.2 Å². The van der Waals surface area contributed by atoms with Crippen molar-refractivity contribution in [3.63, 3.8) is 0 Å². The molecule has 0 amide bonds. The van der Waals surface area contributed by atoms with E-state index in [0.29, 0.717) is 6.04 Å².